The number of halogens is 1. The van der Waals surface area contributed by atoms with Gasteiger partial charge in [0.25, 0.3) is 0 Å². The molecule has 0 bridgehead atoms. The largest absolute Gasteiger partial charge is 0.338 e. The first-order chi connectivity index (χ1) is 9.51. The summed E-state index contributed by atoms with van der Waals surface area (Å²) in [6.45, 7) is 3.86. The number of aromatic nitrogens is 2. The molecular formula is C12H13ClN4OS2. The van der Waals surface area contributed by atoms with Gasteiger partial charge in [0.15, 0.2) is 0 Å². The van der Waals surface area contributed by atoms with Gasteiger partial charge in [-0.2, -0.15) is 0 Å². The third-order valence-corrected chi connectivity index (χ3v) is 4.19. The lowest BCUT2D eigenvalue weighted by Crippen LogP contribution is -2.27. The number of nitrogens with zero attached hydrogens (tertiary/aromatic N) is 3. The van der Waals surface area contributed by atoms with Crippen LogP contribution in [0.2, 0.25) is 5.02 Å². The molecule has 1 heterocycles. The number of carbonyl (C=O) groups excluding carboxylic acids is 1. The Morgan fingerprint density at radius 3 is 2.90 bits per heavy atom. The normalized spacial score (nSPS) is 10.4. The number of rotatable bonds is 3. The van der Waals surface area contributed by atoms with Gasteiger partial charge in [-0.1, -0.05) is 48.7 Å². The van der Waals surface area contributed by atoms with Gasteiger partial charge in [-0.25, -0.2) is 9.10 Å². The number of carbonyl (C=O) groups is 1. The number of nitrogens with one attached hydrogen (secondary N) is 1. The highest BCUT2D eigenvalue weighted by molar-refractivity contribution is 7.82. The Morgan fingerprint density at radius 1 is 1.50 bits per heavy atom. The third kappa shape index (κ3) is 3.41. The second kappa shape index (κ2) is 6.43. The van der Waals surface area contributed by atoms with Gasteiger partial charge >= 0.3 is 6.03 Å². The third-order valence-electron chi connectivity index (χ3n) is 2.57. The Labute approximate surface area is 131 Å². The molecule has 2 rings (SSSR count). The number of urea groups is 1. The summed E-state index contributed by atoms with van der Waals surface area (Å²) in [6.07, 6.45) is 0.783. The predicted molar refractivity (Wildman–Crippen MR) is 86.0 cm³/mol. The summed E-state index contributed by atoms with van der Waals surface area (Å²) >= 11 is 11.5. The Bertz CT molecular complexity index is 632. The number of benzene rings is 1. The highest BCUT2D eigenvalue weighted by Gasteiger charge is 2.16. The van der Waals surface area contributed by atoms with Crippen molar-refractivity contribution < 1.29 is 4.79 Å². The maximum absolute atomic E-state index is 12.1. The number of hydrogen-bond donors (Lipinski definition) is 2. The summed E-state index contributed by atoms with van der Waals surface area (Å²) in [4.78, 5) is 12.1. The molecule has 0 fully saturated rings. The number of anilines is 2. The van der Waals surface area contributed by atoms with Crippen LogP contribution in [0.1, 0.15) is 17.5 Å². The average molecular weight is 329 g/mol. The van der Waals surface area contributed by atoms with Crippen molar-refractivity contribution in [1.29, 1.82) is 0 Å². The van der Waals surface area contributed by atoms with Gasteiger partial charge in [-0.05, 0) is 31.0 Å². The molecule has 1 aromatic heterocycles. The van der Waals surface area contributed by atoms with E-state index in [1.54, 1.807) is 12.1 Å². The van der Waals surface area contributed by atoms with Gasteiger partial charge in [0, 0.05) is 5.02 Å². The summed E-state index contributed by atoms with van der Waals surface area (Å²) in [6, 6.07) is 4.87. The number of amides is 2. The second-order valence-electron chi connectivity index (χ2n) is 4.03. The number of hydrogen-bond acceptors (Lipinski definition) is 5. The molecule has 106 valence electrons. The highest BCUT2D eigenvalue weighted by Crippen LogP contribution is 2.26. The van der Waals surface area contributed by atoms with Gasteiger partial charge in [0.05, 0.1) is 5.69 Å². The van der Waals surface area contributed by atoms with E-state index in [4.69, 9.17) is 11.6 Å². The lowest BCUT2D eigenvalue weighted by molar-refractivity contribution is 0.260. The Hall–Kier alpha value is -1.31. The predicted octanol–water partition coefficient (Wildman–Crippen LogP) is 3.95. The van der Waals surface area contributed by atoms with E-state index < -0.39 is 6.03 Å². The van der Waals surface area contributed by atoms with Crippen molar-refractivity contribution in [3.63, 3.8) is 0 Å². The molecule has 1 aromatic carbocycles. The molecule has 0 saturated heterocycles. The van der Waals surface area contributed by atoms with Crippen LogP contribution < -0.4 is 9.62 Å². The molecule has 20 heavy (non-hydrogen) atoms. The zero-order chi connectivity index (χ0) is 14.7. The summed E-state index contributed by atoms with van der Waals surface area (Å²) in [5.74, 6) is 0. The Balaban J connectivity index is 2.14. The lowest BCUT2D eigenvalue weighted by atomic mass is 10.2. The van der Waals surface area contributed by atoms with E-state index in [1.165, 1.54) is 15.6 Å². The SMILES string of the molecule is CCc1nnc(NC(=O)N(S)c2cc(Cl)ccc2C)s1. The van der Waals surface area contributed by atoms with Crippen LogP contribution in [0.15, 0.2) is 18.2 Å². The van der Waals surface area contributed by atoms with Crippen molar-refractivity contribution in [2.45, 2.75) is 20.3 Å². The second-order valence-corrected chi connectivity index (χ2v) is 5.93. The van der Waals surface area contributed by atoms with E-state index >= 15 is 0 Å². The maximum Gasteiger partial charge on any atom is 0.338 e. The topological polar surface area (TPSA) is 58.1 Å². The van der Waals surface area contributed by atoms with Crippen LogP contribution in [0.5, 0.6) is 0 Å². The monoisotopic (exact) mass is 328 g/mol. The quantitative estimate of drug-likeness (QED) is 0.839. The fourth-order valence-electron chi connectivity index (χ4n) is 1.51. The number of thiol groups is 1. The van der Waals surface area contributed by atoms with E-state index in [9.17, 15) is 4.79 Å². The molecule has 8 heteroatoms. The Kier molecular flexibility index (Phi) is 4.85. The van der Waals surface area contributed by atoms with Gasteiger partial charge in [0.2, 0.25) is 5.13 Å². The smallest absolute Gasteiger partial charge is 0.281 e. The first kappa shape index (κ1) is 15.1. The zero-order valence-electron chi connectivity index (χ0n) is 10.9. The minimum atomic E-state index is -0.405. The van der Waals surface area contributed by atoms with E-state index in [-0.39, 0.29) is 0 Å². The minimum Gasteiger partial charge on any atom is -0.281 e. The van der Waals surface area contributed by atoms with E-state index in [1.807, 2.05) is 19.9 Å². The summed E-state index contributed by atoms with van der Waals surface area (Å²) in [7, 11) is 0. The molecule has 0 radical (unpaired) electrons. The van der Waals surface area contributed by atoms with Gasteiger partial charge < -0.3 is 0 Å². The van der Waals surface area contributed by atoms with E-state index in [0.717, 1.165) is 17.0 Å². The fraction of sp³-hybridized carbons (Fsp3) is 0.250. The van der Waals surface area contributed by atoms with Crippen molar-refractivity contribution in [3.8, 4) is 0 Å². The van der Waals surface area contributed by atoms with Crippen molar-refractivity contribution in [2.24, 2.45) is 0 Å². The molecule has 0 aliphatic rings. The standard InChI is InChI=1S/C12H13ClN4OS2/c1-3-10-15-16-11(20-10)14-12(18)17(19)9-6-8(13)5-4-7(9)2/h4-6,19H,3H2,1-2H3,(H,14,16,18). The van der Waals surface area contributed by atoms with Crippen LogP contribution in [0.3, 0.4) is 0 Å². The molecule has 5 nitrogen and oxygen atoms in total. The van der Waals surface area contributed by atoms with E-state index in [2.05, 4.69) is 28.3 Å². The van der Waals surface area contributed by atoms with Crippen molar-refractivity contribution in [2.75, 3.05) is 9.62 Å². The van der Waals surface area contributed by atoms with E-state index in [0.29, 0.717) is 15.8 Å². The average Bonchev–Trinajstić information content (AvgIpc) is 2.88. The zero-order valence-corrected chi connectivity index (χ0v) is 13.4. The number of aryl methyl sites for hydroxylation is 2. The molecule has 2 aromatic rings. The molecule has 2 amide bonds. The van der Waals surface area contributed by atoms with Crippen LogP contribution in [0.25, 0.3) is 0 Å². The van der Waals surface area contributed by atoms with Crippen LogP contribution >= 0.6 is 35.8 Å². The highest BCUT2D eigenvalue weighted by atomic mass is 35.5. The molecule has 0 aliphatic carbocycles. The molecular weight excluding hydrogens is 316 g/mol. The van der Waals surface area contributed by atoms with Crippen molar-refractivity contribution >= 4 is 52.6 Å². The Morgan fingerprint density at radius 2 is 2.25 bits per heavy atom. The lowest BCUT2D eigenvalue weighted by Gasteiger charge is -2.17. The first-order valence-corrected chi connectivity index (χ1v) is 7.49. The van der Waals surface area contributed by atoms with Gasteiger partial charge in [-0.15, -0.1) is 10.2 Å². The summed E-state index contributed by atoms with van der Waals surface area (Å²) < 4.78 is 1.20. The fourth-order valence-corrected chi connectivity index (χ4v) is 2.61. The van der Waals surface area contributed by atoms with Crippen LogP contribution in [0, 0.1) is 6.92 Å². The molecule has 0 atom stereocenters. The molecule has 0 saturated carbocycles. The maximum atomic E-state index is 12.1. The van der Waals surface area contributed by atoms with Crippen molar-refractivity contribution in [3.05, 3.63) is 33.8 Å². The molecule has 0 spiro atoms. The van der Waals surface area contributed by atoms with Crippen LogP contribution in [-0.4, -0.2) is 16.2 Å². The molecule has 1 N–H and O–H groups in total. The molecule has 0 aliphatic heterocycles. The minimum absolute atomic E-state index is 0.405. The van der Waals surface area contributed by atoms with Gasteiger partial charge in [-0.3, -0.25) is 5.32 Å². The van der Waals surface area contributed by atoms with Crippen LogP contribution in [0.4, 0.5) is 15.6 Å². The van der Waals surface area contributed by atoms with Crippen molar-refractivity contribution in [1.82, 2.24) is 10.2 Å². The van der Waals surface area contributed by atoms with Crippen LogP contribution in [-0.2, 0) is 6.42 Å². The summed E-state index contributed by atoms with van der Waals surface area (Å²) in [5, 5.41) is 12.3. The summed E-state index contributed by atoms with van der Waals surface area (Å²) in [5.41, 5.74) is 1.52. The van der Waals surface area contributed by atoms with Gasteiger partial charge in [0.1, 0.15) is 5.01 Å². The first-order valence-electron chi connectivity index (χ1n) is 5.89. The molecule has 0 unspecified atom stereocenters.